The van der Waals surface area contributed by atoms with Crippen molar-refractivity contribution in [3.63, 3.8) is 0 Å². The molecular weight excluding hydrogens is 366 g/mol. The molecule has 0 atom stereocenters. The number of fused-ring (bicyclic) bond motifs is 1. The van der Waals surface area contributed by atoms with Gasteiger partial charge in [-0.05, 0) is 31.0 Å². The number of anilines is 1. The Morgan fingerprint density at radius 3 is 2.78 bits per heavy atom. The standard InChI is InChI=1S/C18H20ClN7O/c1-2-26-17-15(23-24-26)16(21-11-22-17)25-9-13(10-25)18(27)20-8-7-12-3-5-14(19)6-4-12/h3-6,11,13H,2,7-10H2,1H3,(H,20,27). The second-order valence-corrected chi connectivity index (χ2v) is 6.98. The highest BCUT2D eigenvalue weighted by molar-refractivity contribution is 6.30. The van der Waals surface area contributed by atoms with E-state index >= 15 is 0 Å². The Hall–Kier alpha value is -2.74. The number of aryl methyl sites for hydroxylation is 1. The number of rotatable bonds is 6. The lowest BCUT2D eigenvalue weighted by molar-refractivity contribution is -0.125. The first kappa shape index (κ1) is 17.7. The first-order chi connectivity index (χ1) is 13.2. The fourth-order valence-corrected chi connectivity index (χ4v) is 3.29. The fourth-order valence-electron chi connectivity index (χ4n) is 3.17. The molecule has 3 heterocycles. The molecule has 1 aromatic carbocycles. The molecule has 1 aliphatic rings. The van der Waals surface area contributed by atoms with Gasteiger partial charge in [0.05, 0.1) is 5.92 Å². The topological polar surface area (TPSA) is 88.8 Å². The number of hydrogen-bond donors (Lipinski definition) is 1. The van der Waals surface area contributed by atoms with Gasteiger partial charge in [0.15, 0.2) is 17.0 Å². The Morgan fingerprint density at radius 1 is 1.26 bits per heavy atom. The van der Waals surface area contributed by atoms with E-state index in [1.807, 2.05) is 36.1 Å². The van der Waals surface area contributed by atoms with E-state index in [-0.39, 0.29) is 11.8 Å². The van der Waals surface area contributed by atoms with E-state index in [1.165, 1.54) is 6.33 Å². The summed E-state index contributed by atoms with van der Waals surface area (Å²) < 4.78 is 1.74. The molecule has 4 rings (SSSR count). The van der Waals surface area contributed by atoms with Crippen molar-refractivity contribution in [3.05, 3.63) is 41.2 Å². The zero-order chi connectivity index (χ0) is 18.8. The molecular formula is C18H20ClN7O. The van der Waals surface area contributed by atoms with Crippen molar-refractivity contribution < 1.29 is 4.79 Å². The van der Waals surface area contributed by atoms with Crippen molar-refractivity contribution in [2.45, 2.75) is 19.9 Å². The van der Waals surface area contributed by atoms with Gasteiger partial charge in [-0.3, -0.25) is 4.79 Å². The zero-order valence-electron chi connectivity index (χ0n) is 15.0. The second-order valence-electron chi connectivity index (χ2n) is 6.54. The first-order valence-electron chi connectivity index (χ1n) is 8.97. The lowest BCUT2D eigenvalue weighted by atomic mass is 9.99. The number of carbonyl (C=O) groups is 1. The van der Waals surface area contributed by atoms with Crippen molar-refractivity contribution in [1.29, 1.82) is 0 Å². The van der Waals surface area contributed by atoms with Crippen LogP contribution < -0.4 is 10.2 Å². The highest BCUT2D eigenvalue weighted by Gasteiger charge is 2.34. The van der Waals surface area contributed by atoms with Crippen LogP contribution in [0.25, 0.3) is 11.2 Å². The van der Waals surface area contributed by atoms with Gasteiger partial charge in [0.2, 0.25) is 5.91 Å². The molecule has 0 saturated carbocycles. The predicted octanol–water partition coefficient (Wildman–Crippen LogP) is 1.69. The van der Waals surface area contributed by atoms with E-state index < -0.39 is 0 Å². The van der Waals surface area contributed by atoms with Crippen LogP contribution in [0.4, 0.5) is 5.82 Å². The SMILES string of the molecule is CCn1nnc2c(N3CC(C(=O)NCCc4ccc(Cl)cc4)C3)ncnc21. The van der Waals surface area contributed by atoms with Crippen molar-refractivity contribution in [3.8, 4) is 0 Å². The minimum atomic E-state index is -0.0403. The lowest BCUT2D eigenvalue weighted by Crippen LogP contribution is -2.54. The van der Waals surface area contributed by atoms with Gasteiger partial charge in [-0.15, -0.1) is 5.10 Å². The minimum absolute atomic E-state index is 0.0403. The molecule has 1 fully saturated rings. The summed E-state index contributed by atoms with van der Waals surface area (Å²) in [5.74, 6) is 0.772. The molecule has 1 aliphatic heterocycles. The molecule has 0 unspecified atom stereocenters. The van der Waals surface area contributed by atoms with E-state index in [0.29, 0.717) is 31.7 Å². The number of nitrogens with one attached hydrogen (secondary N) is 1. The van der Waals surface area contributed by atoms with Gasteiger partial charge >= 0.3 is 0 Å². The predicted molar refractivity (Wildman–Crippen MR) is 103 cm³/mol. The molecule has 140 valence electrons. The Morgan fingerprint density at radius 2 is 2.04 bits per heavy atom. The van der Waals surface area contributed by atoms with Crippen LogP contribution in [-0.4, -0.2) is 50.5 Å². The maximum Gasteiger partial charge on any atom is 0.226 e. The summed E-state index contributed by atoms with van der Waals surface area (Å²) in [6.07, 6.45) is 2.30. The third-order valence-corrected chi connectivity index (χ3v) is 5.01. The summed E-state index contributed by atoms with van der Waals surface area (Å²) in [6.45, 7) is 4.55. The van der Waals surface area contributed by atoms with Gasteiger partial charge in [-0.2, -0.15) is 0 Å². The highest BCUT2D eigenvalue weighted by Crippen LogP contribution is 2.27. The molecule has 27 heavy (non-hydrogen) atoms. The van der Waals surface area contributed by atoms with Crippen LogP contribution in [0.3, 0.4) is 0 Å². The molecule has 0 aliphatic carbocycles. The van der Waals surface area contributed by atoms with Gasteiger partial charge in [0.1, 0.15) is 6.33 Å². The Balaban J connectivity index is 1.31. The van der Waals surface area contributed by atoms with Crippen molar-refractivity contribution in [1.82, 2.24) is 30.3 Å². The van der Waals surface area contributed by atoms with Crippen LogP contribution in [0.2, 0.25) is 5.02 Å². The normalized spacial score (nSPS) is 14.4. The summed E-state index contributed by atoms with van der Waals surface area (Å²) in [7, 11) is 0. The van der Waals surface area contributed by atoms with E-state index in [1.54, 1.807) is 4.68 Å². The number of aromatic nitrogens is 5. The lowest BCUT2D eigenvalue weighted by Gasteiger charge is -2.38. The Labute approximate surface area is 161 Å². The molecule has 1 N–H and O–H groups in total. The summed E-state index contributed by atoms with van der Waals surface area (Å²) in [4.78, 5) is 23.0. The van der Waals surface area contributed by atoms with Gasteiger partial charge in [0, 0.05) is 31.2 Å². The Kier molecular flexibility index (Phi) is 4.89. The fraction of sp³-hybridized carbons (Fsp3) is 0.389. The number of amides is 1. The molecule has 3 aromatic rings. The molecule has 1 saturated heterocycles. The largest absolute Gasteiger partial charge is 0.355 e. The summed E-state index contributed by atoms with van der Waals surface area (Å²) in [6, 6.07) is 7.67. The average Bonchev–Trinajstić information content (AvgIpc) is 3.06. The summed E-state index contributed by atoms with van der Waals surface area (Å²) in [5.41, 5.74) is 2.55. The molecule has 8 nitrogen and oxygen atoms in total. The number of benzene rings is 1. The molecule has 0 bridgehead atoms. The first-order valence-corrected chi connectivity index (χ1v) is 9.34. The van der Waals surface area contributed by atoms with E-state index in [9.17, 15) is 4.79 Å². The zero-order valence-corrected chi connectivity index (χ0v) is 15.7. The molecule has 0 radical (unpaired) electrons. The molecule has 1 amide bonds. The van der Waals surface area contributed by atoms with Crippen LogP contribution in [0.1, 0.15) is 12.5 Å². The number of nitrogens with zero attached hydrogens (tertiary/aromatic N) is 6. The van der Waals surface area contributed by atoms with Crippen LogP contribution in [-0.2, 0) is 17.8 Å². The molecule has 0 spiro atoms. The Bertz CT molecular complexity index is 950. The molecule has 2 aromatic heterocycles. The van der Waals surface area contributed by atoms with Gasteiger partial charge in [-0.1, -0.05) is 28.9 Å². The smallest absolute Gasteiger partial charge is 0.226 e. The number of hydrogen-bond acceptors (Lipinski definition) is 6. The third-order valence-electron chi connectivity index (χ3n) is 4.76. The maximum atomic E-state index is 12.3. The van der Waals surface area contributed by atoms with Gasteiger partial charge in [-0.25, -0.2) is 14.6 Å². The van der Waals surface area contributed by atoms with Crippen molar-refractivity contribution in [2.75, 3.05) is 24.5 Å². The van der Waals surface area contributed by atoms with E-state index in [2.05, 4.69) is 25.6 Å². The van der Waals surface area contributed by atoms with Gasteiger partial charge < -0.3 is 10.2 Å². The number of halogens is 1. The van der Waals surface area contributed by atoms with E-state index in [0.717, 1.165) is 28.5 Å². The van der Waals surface area contributed by atoms with Crippen LogP contribution >= 0.6 is 11.6 Å². The van der Waals surface area contributed by atoms with Gasteiger partial charge in [0.25, 0.3) is 0 Å². The van der Waals surface area contributed by atoms with E-state index in [4.69, 9.17) is 11.6 Å². The summed E-state index contributed by atoms with van der Waals surface area (Å²) in [5, 5.41) is 12.0. The van der Waals surface area contributed by atoms with Crippen LogP contribution in [0.15, 0.2) is 30.6 Å². The van der Waals surface area contributed by atoms with Crippen LogP contribution in [0, 0.1) is 5.92 Å². The minimum Gasteiger partial charge on any atom is -0.355 e. The third kappa shape index (κ3) is 3.57. The van der Waals surface area contributed by atoms with Crippen LogP contribution in [0.5, 0.6) is 0 Å². The van der Waals surface area contributed by atoms with Crippen molar-refractivity contribution >= 4 is 34.5 Å². The number of carbonyl (C=O) groups excluding carboxylic acids is 1. The quantitative estimate of drug-likeness (QED) is 0.694. The van der Waals surface area contributed by atoms with Crippen molar-refractivity contribution in [2.24, 2.45) is 5.92 Å². The highest BCUT2D eigenvalue weighted by atomic mass is 35.5. The maximum absolute atomic E-state index is 12.3. The molecule has 9 heteroatoms. The second kappa shape index (κ2) is 7.48. The monoisotopic (exact) mass is 385 g/mol. The average molecular weight is 386 g/mol. The summed E-state index contributed by atoms with van der Waals surface area (Å²) >= 11 is 5.88.